The molecule has 1 aromatic heterocycles. The van der Waals surface area contributed by atoms with E-state index >= 15 is 0 Å². The molecule has 192 valence electrons. The van der Waals surface area contributed by atoms with E-state index in [1.165, 1.54) is 0 Å². The van der Waals surface area contributed by atoms with Crippen molar-refractivity contribution in [2.24, 2.45) is 0 Å². The molecule has 0 spiro atoms. The lowest BCUT2D eigenvalue weighted by Crippen LogP contribution is -2.50. The van der Waals surface area contributed by atoms with Gasteiger partial charge in [0.2, 0.25) is 0 Å². The van der Waals surface area contributed by atoms with Gasteiger partial charge in [0.15, 0.2) is 0 Å². The summed E-state index contributed by atoms with van der Waals surface area (Å²) in [5, 5.41) is 15.2. The van der Waals surface area contributed by atoms with Crippen LogP contribution in [-0.2, 0) is 6.42 Å². The van der Waals surface area contributed by atoms with Crippen molar-refractivity contribution in [2.75, 3.05) is 44.2 Å². The number of halogens is 3. The maximum atomic E-state index is 12.9. The summed E-state index contributed by atoms with van der Waals surface area (Å²) in [4.78, 5) is 21.9. The Morgan fingerprint density at radius 3 is 2.44 bits per heavy atom. The van der Waals surface area contributed by atoms with Gasteiger partial charge in [-0.05, 0) is 43.3 Å². The second-order valence-corrected chi connectivity index (χ2v) is 10.1. The molecule has 1 aliphatic rings. The number of hydrogen-bond acceptors (Lipinski definition) is 5. The summed E-state index contributed by atoms with van der Waals surface area (Å²) in [5.41, 5.74) is 2.94. The summed E-state index contributed by atoms with van der Waals surface area (Å²) in [6.07, 6.45) is -0.0225. The Morgan fingerprint density at radius 2 is 1.78 bits per heavy atom. The fourth-order valence-corrected chi connectivity index (χ4v) is 5.05. The number of nitrogens with one attached hydrogen (secondary N) is 1. The molecule has 2 aromatic carbocycles. The number of carbonyl (C=O) groups is 1. The zero-order valence-corrected chi connectivity index (χ0v) is 22.6. The lowest BCUT2D eigenvalue weighted by atomic mass is 10.2. The first kappa shape index (κ1) is 26.8. The van der Waals surface area contributed by atoms with Crippen molar-refractivity contribution < 1.29 is 9.90 Å². The van der Waals surface area contributed by atoms with Crippen LogP contribution >= 0.6 is 34.8 Å². The lowest BCUT2D eigenvalue weighted by molar-refractivity contribution is 0.0847. The summed E-state index contributed by atoms with van der Waals surface area (Å²) >= 11 is 18.5. The third kappa shape index (κ3) is 5.98. The molecule has 0 bridgehead atoms. The minimum Gasteiger partial charge on any atom is -0.390 e. The molecule has 1 saturated heterocycles. The summed E-state index contributed by atoms with van der Waals surface area (Å²) in [7, 11) is 0. The molecule has 1 unspecified atom stereocenters. The zero-order chi connectivity index (χ0) is 25.8. The summed E-state index contributed by atoms with van der Waals surface area (Å²) in [5.74, 6) is 0.493. The van der Waals surface area contributed by atoms with Crippen molar-refractivity contribution in [3.63, 3.8) is 0 Å². The molecule has 1 fully saturated rings. The number of imidazole rings is 1. The van der Waals surface area contributed by atoms with Gasteiger partial charge in [-0.25, -0.2) is 4.98 Å². The van der Waals surface area contributed by atoms with Gasteiger partial charge in [-0.1, -0.05) is 47.8 Å². The molecule has 0 radical (unpaired) electrons. The number of aromatic nitrogens is 2. The van der Waals surface area contributed by atoms with Crippen molar-refractivity contribution in [1.29, 1.82) is 0 Å². The Morgan fingerprint density at radius 1 is 1.08 bits per heavy atom. The third-order valence-corrected chi connectivity index (χ3v) is 7.47. The van der Waals surface area contributed by atoms with Crippen molar-refractivity contribution in [1.82, 2.24) is 19.8 Å². The molecule has 1 amide bonds. The lowest BCUT2D eigenvalue weighted by Gasteiger charge is -2.37. The second-order valence-electron chi connectivity index (χ2n) is 8.85. The number of anilines is 1. The summed E-state index contributed by atoms with van der Waals surface area (Å²) in [6, 6.07) is 13.1. The van der Waals surface area contributed by atoms with Crippen molar-refractivity contribution in [2.45, 2.75) is 26.4 Å². The number of aliphatic hydroxyl groups is 1. The molecule has 10 heteroatoms. The van der Waals surface area contributed by atoms with Gasteiger partial charge in [-0.15, -0.1) is 0 Å². The molecule has 0 aliphatic carbocycles. The van der Waals surface area contributed by atoms with E-state index in [1.807, 2.05) is 54.8 Å². The van der Waals surface area contributed by atoms with Gasteiger partial charge in [0, 0.05) is 56.4 Å². The summed E-state index contributed by atoms with van der Waals surface area (Å²) in [6.45, 7) is 7.60. The van der Waals surface area contributed by atoms with Crippen LogP contribution in [0.2, 0.25) is 15.1 Å². The number of β-amino-alcohol motifs (C(OH)–C–C–N with tert-alkyl or cyclic N) is 1. The molecule has 2 heterocycles. The van der Waals surface area contributed by atoms with E-state index in [-0.39, 0.29) is 12.5 Å². The third-order valence-electron chi connectivity index (χ3n) is 6.40. The number of piperazine rings is 1. The first-order valence-corrected chi connectivity index (χ1v) is 13.1. The number of nitrogens with zero attached hydrogens (tertiary/aromatic N) is 4. The standard InChI is InChI=1S/C26H30Cl3N5O2/c1-3-23-31-25(17(2)34(23)19-9-7-18(27)8-10-19)26(36)30-15-20(35)16-32-11-13-33(14-12-32)22-6-4-5-21(28)24(22)29/h4-10,20,35H,3,11-16H2,1-2H3,(H,30,36). The van der Waals surface area contributed by atoms with Gasteiger partial charge in [0.25, 0.3) is 5.91 Å². The van der Waals surface area contributed by atoms with Gasteiger partial charge in [-0.3, -0.25) is 9.69 Å². The number of aliphatic hydroxyl groups excluding tert-OH is 1. The van der Waals surface area contributed by atoms with E-state index < -0.39 is 6.10 Å². The van der Waals surface area contributed by atoms with Crippen LogP contribution in [0.15, 0.2) is 42.5 Å². The fourth-order valence-electron chi connectivity index (χ4n) is 4.51. The quantitative estimate of drug-likeness (QED) is 0.428. The van der Waals surface area contributed by atoms with Crippen LogP contribution < -0.4 is 10.2 Å². The molecular formula is C26H30Cl3N5O2. The van der Waals surface area contributed by atoms with Gasteiger partial charge < -0.3 is 19.9 Å². The predicted octanol–water partition coefficient (Wildman–Crippen LogP) is 4.62. The molecule has 1 aliphatic heterocycles. The first-order chi connectivity index (χ1) is 17.3. The highest BCUT2D eigenvalue weighted by Crippen LogP contribution is 2.32. The summed E-state index contributed by atoms with van der Waals surface area (Å²) < 4.78 is 1.97. The largest absolute Gasteiger partial charge is 0.390 e. The highest BCUT2D eigenvalue weighted by atomic mass is 35.5. The Hall–Kier alpha value is -2.29. The average molecular weight is 551 g/mol. The van der Waals surface area contributed by atoms with E-state index in [0.717, 1.165) is 49.1 Å². The van der Waals surface area contributed by atoms with E-state index in [1.54, 1.807) is 6.07 Å². The molecule has 1 atom stereocenters. The first-order valence-electron chi connectivity index (χ1n) is 12.0. The number of hydrogen-bond donors (Lipinski definition) is 2. The topological polar surface area (TPSA) is 73.6 Å². The van der Waals surface area contributed by atoms with Crippen molar-refractivity contribution in [3.05, 3.63) is 74.7 Å². The number of aryl methyl sites for hydroxylation is 1. The maximum absolute atomic E-state index is 12.9. The van der Waals surface area contributed by atoms with Crippen LogP contribution in [-0.4, -0.2) is 70.8 Å². The van der Waals surface area contributed by atoms with Crippen LogP contribution in [0.5, 0.6) is 0 Å². The smallest absolute Gasteiger partial charge is 0.271 e. The van der Waals surface area contributed by atoms with Gasteiger partial charge in [0.05, 0.1) is 27.5 Å². The van der Waals surface area contributed by atoms with Gasteiger partial charge in [0.1, 0.15) is 11.5 Å². The molecule has 36 heavy (non-hydrogen) atoms. The molecule has 2 N–H and O–H groups in total. The van der Waals surface area contributed by atoms with Crippen LogP contribution in [0.3, 0.4) is 0 Å². The van der Waals surface area contributed by atoms with E-state index in [2.05, 4.69) is 20.1 Å². The highest BCUT2D eigenvalue weighted by Gasteiger charge is 2.23. The molecular weight excluding hydrogens is 521 g/mol. The number of amides is 1. The molecule has 0 saturated carbocycles. The Balaban J connectivity index is 1.31. The highest BCUT2D eigenvalue weighted by molar-refractivity contribution is 6.43. The SMILES string of the molecule is CCc1nc(C(=O)NCC(O)CN2CCN(c3cccc(Cl)c3Cl)CC2)c(C)n1-c1ccc(Cl)cc1. The minimum absolute atomic E-state index is 0.147. The number of benzene rings is 2. The van der Waals surface area contributed by atoms with Crippen LogP contribution in [0.4, 0.5) is 5.69 Å². The fraction of sp³-hybridized carbons (Fsp3) is 0.385. The van der Waals surface area contributed by atoms with E-state index in [0.29, 0.717) is 33.7 Å². The number of rotatable bonds is 8. The van der Waals surface area contributed by atoms with Gasteiger partial charge in [-0.2, -0.15) is 0 Å². The Labute approximate surface area is 226 Å². The van der Waals surface area contributed by atoms with E-state index in [9.17, 15) is 9.90 Å². The second kappa shape index (κ2) is 11.8. The molecule has 7 nitrogen and oxygen atoms in total. The predicted molar refractivity (Wildman–Crippen MR) is 146 cm³/mol. The zero-order valence-electron chi connectivity index (χ0n) is 20.3. The van der Waals surface area contributed by atoms with Gasteiger partial charge >= 0.3 is 0 Å². The maximum Gasteiger partial charge on any atom is 0.271 e. The van der Waals surface area contributed by atoms with Crippen LogP contribution in [0.25, 0.3) is 5.69 Å². The Kier molecular flexibility index (Phi) is 8.80. The number of carbonyl (C=O) groups excluding carboxylic acids is 1. The van der Waals surface area contributed by atoms with Crippen molar-refractivity contribution in [3.8, 4) is 5.69 Å². The monoisotopic (exact) mass is 549 g/mol. The molecule has 3 aromatic rings. The van der Waals surface area contributed by atoms with Crippen LogP contribution in [0.1, 0.15) is 28.9 Å². The molecule has 4 rings (SSSR count). The van der Waals surface area contributed by atoms with Crippen LogP contribution in [0, 0.1) is 6.92 Å². The van der Waals surface area contributed by atoms with Crippen molar-refractivity contribution >= 4 is 46.4 Å². The Bertz CT molecular complexity index is 1210. The normalized spacial score (nSPS) is 15.2. The average Bonchev–Trinajstić information content (AvgIpc) is 3.21. The van der Waals surface area contributed by atoms with E-state index in [4.69, 9.17) is 34.8 Å². The minimum atomic E-state index is -0.695.